The molecule has 0 unspecified atom stereocenters. The van der Waals surface area contributed by atoms with Crippen LogP contribution in [0.2, 0.25) is 0 Å². The zero-order chi connectivity index (χ0) is 38.0. The number of benzene rings is 10. The van der Waals surface area contributed by atoms with Gasteiger partial charge in [0.15, 0.2) is 0 Å². The van der Waals surface area contributed by atoms with Crippen LogP contribution in [-0.2, 0) is 0 Å². The van der Waals surface area contributed by atoms with Gasteiger partial charge in [0, 0.05) is 17.1 Å². The number of hydrogen-bond acceptors (Lipinski definition) is 1. The molecule has 0 radical (unpaired) electrons. The van der Waals surface area contributed by atoms with Gasteiger partial charge in [0.05, 0.1) is 0 Å². The molecule has 0 aliphatic rings. The minimum absolute atomic E-state index is 0. The van der Waals surface area contributed by atoms with Crippen molar-refractivity contribution in [3.63, 3.8) is 0 Å². The number of fused-ring (bicyclic) bond motifs is 2. The summed E-state index contributed by atoms with van der Waals surface area (Å²) in [5, 5.41) is 4.86. The summed E-state index contributed by atoms with van der Waals surface area (Å²) >= 11 is 0. The summed E-state index contributed by atoms with van der Waals surface area (Å²) in [7, 11) is 0. The van der Waals surface area contributed by atoms with Crippen LogP contribution in [0.15, 0.2) is 237 Å². The van der Waals surface area contributed by atoms with E-state index in [1.54, 1.807) is 0 Å². The van der Waals surface area contributed by atoms with Gasteiger partial charge in [-0.1, -0.05) is 195 Å². The zero-order valence-electron chi connectivity index (χ0n) is 31.5. The van der Waals surface area contributed by atoms with E-state index in [1.165, 1.54) is 77.2 Å². The molecule has 0 aliphatic carbocycles. The Hall–Kier alpha value is -7.48. The smallest absolute Gasteiger partial charge is 0.0468 e. The van der Waals surface area contributed by atoms with Crippen LogP contribution >= 0.6 is 0 Å². The van der Waals surface area contributed by atoms with E-state index in [-0.39, 0.29) is 7.43 Å². The average Bonchev–Trinajstić information content (AvgIpc) is 3.30. The lowest BCUT2D eigenvalue weighted by Crippen LogP contribution is -2.09. The lowest BCUT2D eigenvalue weighted by molar-refractivity contribution is 1.29. The summed E-state index contributed by atoms with van der Waals surface area (Å²) in [5.41, 5.74) is 15.5. The van der Waals surface area contributed by atoms with E-state index in [4.69, 9.17) is 0 Å². The van der Waals surface area contributed by atoms with Gasteiger partial charge >= 0.3 is 0 Å². The maximum absolute atomic E-state index is 2.42. The topological polar surface area (TPSA) is 3.24 Å². The zero-order valence-corrected chi connectivity index (χ0v) is 31.5. The first-order valence-electron chi connectivity index (χ1n) is 19.6. The lowest BCUT2D eigenvalue weighted by Gasteiger charge is -2.25. The number of nitrogens with zero attached hydrogens (tertiary/aromatic N) is 1. The van der Waals surface area contributed by atoms with Crippen LogP contribution in [-0.4, -0.2) is 0 Å². The Labute approximate surface area is 341 Å². The molecular formula is C57H43N. The summed E-state index contributed by atoms with van der Waals surface area (Å²) < 4.78 is 0. The summed E-state index contributed by atoms with van der Waals surface area (Å²) in [5.74, 6) is 0. The van der Waals surface area contributed by atoms with Crippen LogP contribution in [0.25, 0.3) is 77.2 Å². The van der Waals surface area contributed by atoms with Crippen molar-refractivity contribution in [1.82, 2.24) is 0 Å². The molecule has 0 saturated carbocycles. The van der Waals surface area contributed by atoms with Crippen molar-refractivity contribution in [2.45, 2.75) is 7.43 Å². The monoisotopic (exact) mass is 741 g/mol. The summed E-state index contributed by atoms with van der Waals surface area (Å²) in [6.45, 7) is 0. The number of rotatable bonds is 8. The SMILES string of the molecule is C.c1ccc(-c2c(-c3ccccc3)c(-c3ccccc3)c3cc(-c4ccc5cc(N(c6ccccc6)c6ccccc6)ccc5c4)ccc3c2-c2ccccc2)cc1. The molecule has 0 bridgehead atoms. The summed E-state index contributed by atoms with van der Waals surface area (Å²) in [6, 6.07) is 85.6. The van der Waals surface area contributed by atoms with Crippen molar-refractivity contribution in [3.05, 3.63) is 237 Å². The van der Waals surface area contributed by atoms with Crippen LogP contribution in [0.4, 0.5) is 17.1 Å². The van der Waals surface area contributed by atoms with Gasteiger partial charge in [-0.15, -0.1) is 0 Å². The highest BCUT2D eigenvalue weighted by atomic mass is 15.1. The molecule has 0 aliphatic heterocycles. The largest absolute Gasteiger partial charge is 0.310 e. The van der Waals surface area contributed by atoms with Gasteiger partial charge < -0.3 is 4.90 Å². The van der Waals surface area contributed by atoms with Crippen LogP contribution in [0.1, 0.15) is 7.43 Å². The molecule has 58 heavy (non-hydrogen) atoms. The van der Waals surface area contributed by atoms with Gasteiger partial charge in [0.25, 0.3) is 0 Å². The van der Waals surface area contributed by atoms with Crippen molar-refractivity contribution < 1.29 is 0 Å². The quantitative estimate of drug-likeness (QED) is 0.150. The third kappa shape index (κ3) is 6.74. The van der Waals surface area contributed by atoms with E-state index in [1.807, 2.05) is 0 Å². The van der Waals surface area contributed by atoms with Gasteiger partial charge in [-0.25, -0.2) is 0 Å². The number of anilines is 3. The van der Waals surface area contributed by atoms with Crippen LogP contribution in [0.5, 0.6) is 0 Å². The first-order valence-corrected chi connectivity index (χ1v) is 19.6. The van der Waals surface area contributed by atoms with Crippen molar-refractivity contribution in [3.8, 4) is 55.6 Å². The lowest BCUT2D eigenvalue weighted by atomic mass is 9.78. The average molecular weight is 742 g/mol. The third-order valence-electron chi connectivity index (χ3n) is 11.0. The van der Waals surface area contributed by atoms with Gasteiger partial charge in [-0.05, 0) is 126 Å². The molecule has 1 nitrogen and oxygen atoms in total. The first-order chi connectivity index (χ1) is 28.3. The maximum atomic E-state index is 2.42. The van der Waals surface area contributed by atoms with E-state index in [9.17, 15) is 0 Å². The fourth-order valence-corrected chi connectivity index (χ4v) is 8.42. The molecule has 0 heterocycles. The predicted octanol–water partition coefficient (Wildman–Crippen LogP) is 16.4. The second-order valence-corrected chi connectivity index (χ2v) is 14.5. The predicted molar refractivity (Wildman–Crippen MR) is 250 cm³/mol. The van der Waals surface area contributed by atoms with E-state index < -0.39 is 0 Å². The third-order valence-corrected chi connectivity index (χ3v) is 11.0. The molecular weight excluding hydrogens is 699 g/mol. The molecule has 0 aromatic heterocycles. The van der Waals surface area contributed by atoms with Crippen molar-refractivity contribution >= 4 is 38.6 Å². The molecule has 10 aromatic rings. The molecule has 0 N–H and O–H groups in total. The first kappa shape index (κ1) is 36.2. The molecule has 0 atom stereocenters. The maximum Gasteiger partial charge on any atom is 0.0468 e. The fraction of sp³-hybridized carbons (Fsp3) is 0.0175. The molecule has 10 rings (SSSR count). The van der Waals surface area contributed by atoms with Crippen molar-refractivity contribution in [2.75, 3.05) is 4.90 Å². The van der Waals surface area contributed by atoms with E-state index >= 15 is 0 Å². The molecule has 276 valence electrons. The van der Waals surface area contributed by atoms with Crippen molar-refractivity contribution in [2.24, 2.45) is 0 Å². The summed E-state index contributed by atoms with van der Waals surface area (Å²) in [6.07, 6.45) is 0. The Kier molecular flexibility index (Phi) is 9.94. The van der Waals surface area contributed by atoms with Gasteiger partial charge in [0.2, 0.25) is 0 Å². The van der Waals surface area contributed by atoms with E-state index in [0.29, 0.717) is 0 Å². The highest BCUT2D eigenvalue weighted by Gasteiger charge is 2.24. The van der Waals surface area contributed by atoms with Crippen LogP contribution in [0, 0.1) is 0 Å². The Morgan fingerprint density at radius 2 is 0.586 bits per heavy atom. The van der Waals surface area contributed by atoms with Gasteiger partial charge in [-0.3, -0.25) is 0 Å². The Bertz CT molecular complexity index is 2920. The second kappa shape index (κ2) is 15.9. The molecule has 0 spiro atoms. The highest BCUT2D eigenvalue weighted by Crippen LogP contribution is 2.51. The van der Waals surface area contributed by atoms with Crippen molar-refractivity contribution in [1.29, 1.82) is 0 Å². The van der Waals surface area contributed by atoms with Crippen LogP contribution < -0.4 is 4.90 Å². The number of hydrogen-bond donors (Lipinski definition) is 0. The minimum Gasteiger partial charge on any atom is -0.310 e. The normalized spacial score (nSPS) is 11.0. The second-order valence-electron chi connectivity index (χ2n) is 14.5. The molecule has 0 fully saturated rings. The summed E-state index contributed by atoms with van der Waals surface area (Å²) in [4.78, 5) is 2.32. The van der Waals surface area contributed by atoms with E-state index in [0.717, 1.165) is 17.1 Å². The standard InChI is InChI=1S/C56H39N.CH4/c1-7-19-40(20-8-1)53-51-36-34-47(44-31-32-46-38-50(35-33-45(46)37-44)57(48-27-15-5-16-28-48)49-29-17-6-18-30-49)39-52(51)54(41-21-9-2-10-22-41)56(43-25-13-4-14-26-43)55(53)42-23-11-3-12-24-42;/h1-39H;1H4. The van der Waals surface area contributed by atoms with Crippen LogP contribution in [0.3, 0.4) is 0 Å². The Balaban J connectivity index is 0.00000436. The fourth-order valence-electron chi connectivity index (χ4n) is 8.42. The van der Waals surface area contributed by atoms with Gasteiger partial charge in [-0.2, -0.15) is 0 Å². The molecule has 0 saturated heterocycles. The highest BCUT2D eigenvalue weighted by molar-refractivity contribution is 6.19. The molecule has 0 amide bonds. The Morgan fingerprint density at radius 3 is 1.07 bits per heavy atom. The minimum atomic E-state index is 0. The van der Waals surface area contributed by atoms with E-state index in [2.05, 4.69) is 241 Å². The molecule has 10 aromatic carbocycles. The Morgan fingerprint density at radius 1 is 0.224 bits per heavy atom. The van der Waals surface area contributed by atoms with Gasteiger partial charge in [0.1, 0.15) is 0 Å². The molecule has 1 heteroatoms. The number of para-hydroxylation sites is 2.